The zero-order valence-corrected chi connectivity index (χ0v) is 20.3. The molecule has 0 aromatic heterocycles. The van der Waals surface area contributed by atoms with Crippen molar-refractivity contribution in [2.75, 3.05) is 10.2 Å². The predicted molar refractivity (Wildman–Crippen MR) is 131 cm³/mol. The van der Waals surface area contributed by atoms with E-state index in [9.17, 15) is 14.4 Å². The molecule has 0 saturated carbocycles. The van der Waals surface area contributed by atoms with E-state index in [-0.39, 0.29) is 21.4 Å². The quantitative estimate of drug-likeness (QED) is 0.219. The van der Waals surface area contributed by atoms with Gasteiger partial charge in [0.05, 0.1) is 16.3 Å². The number of benzene rings is 3. The molecule has 2 amide bonds. The third-order valence-electron chi connectivity index (χ3n) is 4.59. The number of carbonyl (C=O) groups excluding carboxylic acids is 3. The van der Waals surface area contributed by atoms with Gasteiger partial charge < -0.3 is 10.1 Å². The van der Waals surface area contributed by atoms with Crippen LogP contribution in [-0.2, 0) is 9.59 Å². The van der Waals surface area contributed by atoms with Gasteiger partial charge in [0.15, 0.2) is 0 Å². The first-order valence-corrected chi connectivity index (χ1v) is 11.3. The molecule has 3 aromatic rings. The summed E-state index contributed by atoms with van der Waals surface area (Å²) in [6.07, 6.45) is 0. The number of amides is 2. The summed E-state index contributed by atoms with van der Waals surface area (Å²) in [5, 5.41) is 3.03. The molecule has 0 aliphatic carbocycles. The number of carbonyl (C=O) groups is 3. The van der Waals surface area contributed by atoms with Gasteiger partial charge in [-0.25, -0.2) is 9.69 Å². The Kier molecular flexibility index (Phi) is 6.76. The number of hydrogen-bond acceptors (Lipinski definition) is 5. The van der Waals surface area contributed by atoms with Crippen molar-refractivity contribution >= 4 is 79.9 Å². The number of ether oxygens (including phenoxy) is 1. The maximum absolute atomic E-state index is 12.9. The molecule has 6 nitrogen and oxygen atoms in total. The average molecular weight is 567 g/mol. The van der Waals surface area contributed by atoms with Crippen LogP contribution in [0.3, 0.4) is 0 Å². The molecule has 0 atom stereocenters. The minimum absolute atomic E-state index is 0.113. The minimum Gasteiger partial charge on any atom is -0.423 e. The highest BCUT2D eigenvalue weighted by molar-refractivity contribution is 9.10. The molecule has 0 unspecified atom stereocenters. The molecule has 1 heterocycles. The SMILES string of the molecule is O=C(Oc1ccc(Br)cc1)c1ccc(NC2=C(Cl)C(=O)N(c3ccc(Cl)cc3Cl)C2=O)cc1. The van der Waals surface area contributed by atoms with Gasteiger partial charge in [-0.2, -0.15) is 0 Å². The van der Waals surface area contributed by atoms with Gasteiger partial charge in [0.1, 0.15) is 16.5 Å². The zero-order chi connectivity index (χ0) is 23.7. The summed E-state index contributed by atoms with van der Waals surface area (Å²) in [4.78, 5) is 38.7. The van der Waals surface area contributed by atoms with Crippen LogP contribution in [-0.4, -0.2) is 17.8 Å². The molecule has 1 aliphatic heterocycles. The number of nitrogens with zero attached hydrogens (tertiary/aromatic N) is 1. The van der Waals surface area contributed by atoms with Gasteiger partial charge in [-0.05, 0) is 66.7 Å². The number of imide groups is 1. The summed E-state index contributed by atoms with van der Waals surface area (Å²) < 4.78 is 6.19. The van der Waals surface area contributed by atoms with Crippen molar-refractivity contribution < 1.29 is 19.1 Å². The van der Waals surface area contributed by atoms with Crippen molar-refractivity contribution in [2.24, 2.45) is 0 Å². The van der Waals surface area contributed by atoms with Crippen LogP contribution in [0.1, 0.15) is 10.4 Å². The summed E-state index contributed by atoms with van der Waals surface area (Å²) in [7, 11) is 0. The van der Waals surface area contributed by atoms with Crippen molar-refractivity contribution in [3.05, 3.63) is 97.5 Å². The average Bonchev–Trinajstić information content (AvgIpc) is 2.99. The zero-order valence-electron chi connectivity index (χ0n) is 16.4. The molecular weight excluding hydrogens is 555 g/mol. The van der Waals surface area contributed by atoms with Crippen molar-refractivity contribution in [1.82, 2.24) is 0 Å². The molecule has 4 rings (SSSR count). The number of nitrogens with one attached hydrogen (secondary N) is 1. The van der Waals surface area contributed by atoms with E-state index in [1.807, 2.05) is 0 Å². The highest BCUT2D eigenvalue weighted by Crippen LogP contribution is 2.35. The molecule has 0 fully saturated rings. The topological polar surface area (TPSA) is 75.7 Å². The lowest BCUT2D eigenvalue weighted by molar-refractivity contribution is -0.120. The molecule has 0 radical (unpaired) electrons. The number of hydrogen-bond donors (Lipinski definition) is 1. The highest BCUT2D eigenvalue weighted by Gasteiger charge is 2.39. The van der Waals surface area contributed by atoms with Crippen molar-refractivity contribution in [2.45, 2.75) is 0 Å². The van der Waals surface area contributed by atoms with Gasteiger partial charge in [0.25, 0.3) is 11.8 Å². The van der Waals surface area contributed by atoms with Crippen molar-refractivity contribution in [3.63, 3.8) is 0 Å². The second kappa shape index (κ2) is 9.57. The fraction of sp³-hybridized carbons (Fsp3) is 0. The fourth-order valence-corrected chi connectivity index (χ4v) is 3.97. The largest absolute Gasteiger partial charge is 0.423 e. The summed E-state index contributed by atoms with van der Waals surface area (Å²) >= 11 is 21.5. The molecule has 1 aliphatic rings. The fourth-order valence-electron chi connectivity index (χ4n) is 3.00. The number of halogens is 4. The van der Waals surface area contributed by atoms with Gasteiger partial charge >= 0.3 is 5.97 Å². The molecule has 0 spiro atoms. The normalized spacial score (nSPS) is 13.5. The molecule has 166 valence electrons. The molecule has 1 N–H and O–H groups in total. The van der Waals surface area contributed by atoms with Crippen molar-refractivity contribution in [3.8, 4) is 5.75 Å². The number of anilines is 2. The standard InChI is InChI=1S/C23H12BrCl3N2O4/c24-13-3-8-16(9-4-13)33-23(32)12-1-6-15(7-2-12)28-20-19(27)21(30)29(22(20)31)18-10-5-14(25)11-17(18)26/h1-11,28H. The third kappa shape index (κ3) is 4.91. The number of esters is 1. The lowest BCUT2D eigenvalue weighted by Crippen LogP contribution is -2.32. The Bertz CT molecular complexity index is 1310. The van der Waals surface area contributed by atoms with Crippen LogP contribution < -0.4 is 15.0 Å². The predicted octanol–water partition coefficient (Wildman–Crippen LogP) is 6.41. The van der Waals surface area contributed by atoms with E-state index in [0.29, 0.717) is 22.0 Å². The number of rotatable bonds is 5. The van der Waals surface area contributed by atoms with Gasteiger partial charge in [0.2, 0.25) is 0 Å². The monoisotopic (exact) mass is 564 g/mol. The van der Waals surface area contributed by atoms with Gasteiger partial charge in [0, 0.05) is 15.2 Å². The first kappa shape index (κ1) is 23.3. The summed E-state index contributed by atoms with van der Waals surface area (Å²) in [6.45, 7) is 0. The maximum Gasteiger partial charge on any atom is 0.343 e. The van der Waals surface area contributed by atoms with E-state index in [1.165, 1.54) is 30.3 Å². The van der Waals surface area contributed by atoms with E-state index >= 15 is 0 Å². The van der Waals surface area contributed by atoms with E-state index < -0.39 is 17.8 Å². The minimum atomic E-state index is -0.719. The smallest absolute Gasteiger partial charge is 0.343 e. The molecule has 3 aromatic carbocycles. The Morgan fingerprint density at radius 2 is 1.55 bits per heavy atom. The molecule has 0 saturated heterocycles. The van der Waals surface area contributed by atoms with E-state index in [2.05, 4.69) is 21.2 Å². The second-order valence-electron chi connectivity index (χ2n) is 6.78. The van der Waals surface area contributed by atoms with Crippen LogP contribution in [0, 0.1) is 0 Å². The second-order valence-corrected chi connectivity index (χ2v) is 8.91. The molecule has 0 bridgehead atoms. The van der Waals surface area contributed by atoms with Gasteiger partial charge in [-0.15, -0.1) is 0 Å². The van der Waals surface area contributed by atoms with Crippen LogP contribution in [0.4, 0.5) is 11.4 Å². The van der Waals surface area contributed by atoms with Crippen LogP contribution in [0.15, 0.2) is 81.9 Å². The van der Waals surface area contributed by atoms with Crippen molar-refractivity contribution in [1.29, 1.82) is 0 Å². The maximum atomic E-state index is 12.9. The summed E-state index contributed by atoms with van der Waals surface area (Å²) in [6, 6.07) is 17.4. The van der Waals surface area contributed by atoms with E-state index in [4.69, 9.17) is 39.5 Å². The van der Waals surface area contributed by atoms with Gasteiger partial charge in [-0.1, -0.05) is 50.7 Å². The Hall–Kier alpha value is -2.84. The Labute approximate surface area is 211 Å². The first-order chi connectivity index (χ1) is 15.7. The molecule has 33 heavy (non-hydrogen) atoms. The van der Waals surface area contributed by atoms with Crippen LogP contribution >= 0.6 is 50.7 Å². The van der Waals surface area contributed by atoms with Crippen LogP contribution in [0.5, 0.6) is 5.75 Å². The lowest BCUT2D eigenvalue weighted by Gasteiger charge is -2.16. The Balaban J connectivity index is 1.49. The van der Waals surface area contributed by atoms with Crippen LogP contribution in [0.2, 0.25) is 10.0 Å². The molecule has 10 heteroatoms. The molecular formula is C23H12BrCl3N2O4. The first-order valence-electron chi connectivity index (χ1n) is 9.33. The van der Waals surface area contributed by atoms with E-state index in [0.717, 1.165) is 9.37 Å². The Morgan fingerprint density at radius 1 is 0.879 bits per heavy atom. The van der Waals surface area contributed by atoms with E-state index in [1.54, 1.807) is 36.4 Å². The summed E-state index contributed by atoms with van der Waals surface area (Å²) in [5.74, 6) is -1.54. The highest BCUT2D eigenvalue weighted by atomic mass is 79.9. The lowest BCUT2D eigenvalue weighted by atomic mass is 10.2. The third-order valence-corrected chi connectivity index (χ3v) is 6.01. The Morgan fingerprint density at radius 3 is 2.18 bits per heavy atom. The van der Waals surface area contributed by atoms with Gasteiger partial charge in [-0.3, -0.25) is 9.59 Å². The summed E-state index contributed by atoms with van der Waals surface area (Å²) in [5.41, 5.74) is 0.787. The van der Waals surface area contributed by atoms with Crippen LogP contribution in [0.25, 0.3) is 0 Å².